The van der Waals surface area contributed by atoms with E-state index < -0.39 is 0 Å². The van der Waals surface area contributed by atoms with E-state index in [2.05, 4.69) is 16.1 Å². The number of aromatic amines is 1. The molecule has 1 unspecified atom stereocenters. The molecule has 72 valence electrons. The molecule has 0 bridgehead atoms. The largest absolute Gasteiger partial charge is 0.337 e. The molecular formula is C10H11N3O. The fraction of sp³-hybridized carbons (Fsp3) is 0.400. The summed E-state index contributed by atoms with van der Waals surface area (Å²) in [6.45, 7) is 1.27. The van der Waals surface area contributed by atoms with Crippen LogP contribution in [0.15, 0.2) is 12.4 Å². The van der Waals surface area contributed by atoms with Gasteiger partial charge in [0.1, 0.15) is 0 Å². The van der Waals surface area contributed by atoms with Gasteiger partial charge in [-0.1, -0.05) is 0 Å². The molecule has 0 radical (unpaired) electrons. The molecule has 0 aromatic carbocycles. The van der Waals surface area contributed by atoms with Crippen LogP contribution in [0.1, 0.15) is 12.0 Å². The van der Waals surface area contributed by atoms with Gasteiger partial charge in [0.25, 0.3) is 0 Å². The summed E-state index contributed by atoms with van der Waals surface area (Å²) >= 11 is 0. The molecule has 1 aliphatic rings. The van der Waals surface area contributed by atoms with Crippen molar-refractivity contribution in [3.8, 4) is 12.3 Å². The number of hydrogen-bond donors (Lipinski definition) is 1. The smallest absolute Gasteiger partial charge is 0.224 e. The molecule has 1 aromatic rings. The predicted octanol–water partition coefficient (Wildman–Crippen LogP) is 0.391. The van der Waals surface area contributed by atoms with Gasteiger partial charge in [-0.25, -0.2) is 0 Å². The minimum absolute atomic E-state index is 0.0781. The van der Waals surface area contributed by atoms with Gasteiger partial charge in [0.05, 0.1) is 6.20 Å². The van der Waals surface area contributed by atoms with Crippen LogP contribution in [0.3, 0.4) is 0 Å². The summed E-state index contributed by atoms with van der Waals surface area (Å²) in [5.74, 6) is 2.83. The topological polar surface area (TPSA) is 49.0 Å². The van der Waals surface area contributed by atoms with Crippen LogP contribution < -0.4 is 0 Å². The van der Waals surface area contributed by atoms with Gasteiger partial charge in [0.2, 0.25) is 5.91 Å². The van der Waals surface area contributed by atoms with E-state index in [1.807, 2.05) is 0 Å². The average molecular weight is 189 g/mol. The number of likely N-dealkylation sites (tertiary alicyclic amines) is 1. The zero-order valence-corrected chi connectivity index (χ0v) is 7.73. The third-order valence-electron chi connectivity index (χ3n) is 2.38. The van der Waals surface area contributed by atoms with Gasteiger partial charge in [-0.2, -0.15) is 5.10 Å². The summed E-state index contributed by atoms with van der Waals surface area (Å²) in [6, 6.07) is 0. The Morgan fingerprint density at radius 3 is 3.21 bits per heavy atom. The van der Waals surface area contributed by atoms with E-state index in [0.29, 0.717) is 19.5 Å². The maximum atomic E-state index is 11.5. The second-order valence-electron chi connectivity index (χ2n) is 3.45. The summed E-state index contributed by atoms with van der Waals surface area (Å²) in [7, 11) is 0. The lowest BCUT2D eigenvalue weighted by atomic mass is 10.1. The van der Waals surface area contributed by atoms with Crippen molar-refractivity contribution >= 4 is 5.91 Å². The summed E-state index contributed by atoms with van der Waals surface area (Å²) in [6.07, 6.45) is 9.27. The lowest BCUT2D eigenvalue weighted by molar-refractivity contribution is -0.128. The van der Waals surface area contributed by atoms with Crippen molar-refractivity contribution in [2.75, 3.05) is 6.54 Å². The highest BCUT2D eigenvalue weighted by Crippen LogP contribution is 2.18. The number of carbonyl (C=O) groups is 1. The molecule has 1 saturated heterocycles. The Morgan fingerprint density at radius 1 is 1.79 bits per heavy atom. The zero-order valence-electron chi connectivity index (χ0n) is 7.73. The van der Waals surface area contributed by atoms with Gasteiger partial charge < -0.3 is 4.90 Å². The molecule has 2 rings (SSSR count). The van der Waals surface area contributed by atoms with Gasteiger partial charge in [0.15, 0.2) is 0 Å². The third kappa shape index (κ3) is 1.62. The predicted molar refractivity (Wildman–Crippen MR) is 50.9 cm³/mol. The summed E-state index contributed by atoms with van der Waals surface area (Å²) in [5, 5.41) is 6.54. The highest BCUT2D eigenvalue weighted by molar-refractivity contribution is 5.79. The standard InChI is InChI=1S/C10H11N3O/c1-2-8-3-10(14)13(6-8)7-9-4-11-12-5-9/h1,4-5,8H,3,6-7H2,(H,11,12). The lowest BCUT2D eigenvalue weighted by Crippen LogP contribution is -2.24. The Labute approximate surface area is 82.3 Å². The van der Waals surface area contributed by atoms with Crippen molar-refractivity contribution in [3.63, 3.8) is 0 Å². The molecule has 4 nitrogen and oxygen atoms in total. The summed E-state index contributed by atoms with van der Waals surface area (Å²) in [5.41, 5.74) is 1.01. The van der Waals surface area contributed by atoms with Crippen molar-refractivity contribution in [1.29, 1.82) is 0 Å². The van der Waals surface area contributed by atoms with E-state index in [1.54, 1.807) is 17.3 Å². The van der Waals surface area contributed by atoms with E-state index >= 15 is 0 Å². The molecule has 2 heterocycles. The molecule has 0 spiro atoms. The molecule has 1 atom stereocenters. The van der Waals surface area contributed by atoms with Crippen molar-refractivity contribution in [2.24, 2.45) is 5.92 Å². The number of hydrogen-bond acceptors (Lipinski definition) is 2. The van der Waals surface area contributed by atoms with Crippen LogP contribution in [0.5, 0.6) is 0 Å². The Morgan fingerprint density at radius 2 is 2.64 bits per heavy atom. The average Bonchev–Trinajstić information content (AvgIpc) is 2.78. The van der Waals surface area contributed by atoms with E-state index in [0.717, 1.165) is 5.56 Å². The summed E-state index contributed by atoms with van der Waals surface area (Å²) < 4.78 is 0. The maximum absolute atomic E-state index is 11.5. The first kappa shape index (κ1) is 8.82. The fourth-order valence-corrected chi connectivity index (χ4v) is 1.62. The highest BCUT2D eigenvalue weighted by Gasteiger charge is 2.27. The second kappa shape index (κ2) is 3.54. The Bertz CT molecular complexity index is 363. The number of amides is 1. The number of nitrogens with zero attached hydrogens (tertiary/aromatic N) is 2. The molecule has 0 aliphatic carbocycles. The lowest BCUT2D eigenvalue weighted by Gasteiger charge is -2.13. The van der Waals surface area contributed by atoms with Gasteiger partial charge in [0, 0.05) is 37.2 Å². The van der Waals surface area contributed by atoms with E-state index in [-0.39, 0.29) is 11.8 Å². The SMILES string of the molecule is C#CC1CC(=O)N(Cc2cn[nH]c2)C1. The maximum Gasteiger partial charge on any atom is 0.224 e. The fourth-order valence-electron chi connectivity index (χ4n) is 1.62. The number of terminal acetylenes is 1. The Hall–Kier alpha value is -1.76. The Balaban J connectivity index is 2.00. The molecule has 4 heteroatoms. The van der Waals surface area contributed by atoms with Crippen molar-refractivity contribution in [2.45, 2.75) is 13.0 Å². The minimum Gasteiger partial charge on any atom is -0.337 e. The number of rotatable bonds is 2. The minimum atomic E-state index is 0.0781. The monoisotopic (exact) mass is 189 g/mol. The molecule has 1 aromatic heterocycles. The first-order chi connectivity index (χ1) is 6.79. The van der Waals surface area contributed by atoms with Crippen LogP contribution in [0.25, 0.3) is 0 Å². The van der Waals surface area contributed by atoms with Gasteiger partial charge in [-0.05, 0) is 0 Å². The van der Waals surface area contributed by atoms with E-state index in [4.69, 9.17) is 6.42 Å². The van der Waals surface area contributed by atoms with Gasteiger partial charge in [-0.3, -0.25) is 9.89 Å². The third-order valence-corrected chi connectivity index (χ3v) is 2.38. The number of H-pyrrole nitrogens is 1. The van der Waals surface area contributed by atoms with E-state index in [1.165, 1.54) is 0 Å². The molecular weight excluding hydrogens is 178 g/mol. The quantitative estimate of drug-likeness (QED) is 0.684. The first-order valence-corrected chi connectivity index (χ1v) is 4.51. The van der Waals surface area contributed by atoms with Crippen LogP contribution in [0, 0.1) is 18.3 Å². The summed E-state index contributed by atoms with van der Waals surface area (Å²) in [4.78, 5) is 13.2. The molecule has 1 aliphatic heterocycles. The van der Waals surface area contributed by atoms with Crippen LogP contribution in [-0.2, 0) is 11.3 Å². The first-order valence-electron chi connectivity index (χ1n) is 4.51. The molecule has 1 fully saturated rings. The van der Waals surface area contributed by atoms with Crippen molar-refractivity contribution in [1.82, 2.24) is 15.1 Å². The molecule has 0 saturated carbocycles. The van der Waals surface area contributed by atoms with Gasteiger partial charge in [-0.15, -0.1) is 12.3 Å². The zero-order chi connectivity index (χ0) is 9.97. The number of carbonyl (C=O) groups excluding carboxylic acids is 1. The van der Waals surface area contributed by atoms with Crippen molar-refractivity contribution in [3.05, 3.63) is 18.0 Å². The van der Waals surface area contributed by atoms with Crippen LogP contribution in [-0.4, -0.2) is 27.5 Å². The van der Waals surface area contributed by atoms with Crippen LogP contribution in [0.4, 0.5) is 0 Å². The molecule has 1 N–H and O–H groups in total. The number of nitrogens with one attached hydrogen (secondary N) is 1. The normalized spacial score (nSPS) is 21.2. The molecule has 14 heavy (non-hydrogen) atoms. The van der Waals surface area contributed by atoms with Gasteiger partial charge >= 0.3 is 0 Å². The molecule has 1 amide bonds. The van der Waals surface area contributed by atoms with Crippen LogP contribution in [0.2, 0.25) is 0 Å². The highest BCUT2D eigenvalue weighted by atomic mass is 16.2. The van der Waals surface area contributed by atoms with E-state index in [9.17, 15) is 4.79 Å². The second-order valence-corrected chi connectivity index (χ2v) is 3.45. The Kier molecular flexibility index (Phi) is 2.23. The van der Waals surface area contributed by atoms with Crippen LogP contribution >= 0.6 is 0 Å². The van der Waals surface area contributed by atoms with Crippen molar-refractivity contribution < 1.29 is 4.79 Å². The number of aromatic nitrogens is 2.